The Labute approximate surface area is 149 Å². The van der Waals surface area contributed by atoms with E-state index < -0.39 is 0 Å². The van der Waals surface area contributed by atoms with E-state index in [1.165, 1.54) is 0 Å². The Kier molecular flexibility index (Phi) is 4.18. The summed E-state index contributed by atoms with van der Waals surface area (Å²) in [6.07, 6.45) is 2.16. The van der Waals surface area contributed by atoms with Crippen molar-refractivity contribution in [3.05, 3.63) is 23.0 Å². The highest BCUT2D eigenvalue weighted by Crippen LogP contribution is 2.35. The van der Waals surface area contributed by atoms with E-state index in [4.69, 9.17) is 26.1 Å². The Morgan fingerprint density at radius 2 is 2.20 bits per heavy atom. The van der Waals surface area contributed by atoms with E-state index in [1.807, 2.05) is 25.2 Å². The number of quaternary nitrogens is 1. The van der Waals surface area contributed by atoms with Crippen LogP contribution in [0.4, 0.5) is 0 Å². The third-order valence-electron chi connectivity index (χ3n) is 4.05. The minimum atomic E-state index is 0.0472. The van der Waals surface area contributed by atoms with Crippen LogP contribution in [0.15, 0.2) is 22.6 Å². The lowest BCUT2D eigenvalue weighted by Gasteiger charge is -2.12. The Hall–Kier alpha value is -2.39. The number of carbonyl (C=O) groups excluding carboxylic acids is 1. The number of rotatable bonds is 6. The zero-order chi connectivity index (χ0) is 17.4. The molecule has 1 aromatic heterocycles. The summed E-state index contributed by atoms with van der Waals surface area (Å²) in [4.78, 5) is 13.1. The molecule has 1 fully saturated rings. The average molecular weight is 363 g/mol. The Morgan fingerprint density at radius 3 is 3.00 bits per heavy atom. The fourth-order valence-corrected chi connectivity index (χ4v) is 2.83. The van der Waals surface area contributed by atoms with E-state index in [2.05, 4.69) is 10.4 Å². The number of hydrogen-bond donors (Lipinski definition) is 2. The minimum absolute atomic E-state index is 0.0472. The second-order valence-electron chi connectivity index (χ2n) is 6.37. The third-order valence-corrected chi connectivity index (χ3v) is 4.34. The van der Waals surface area contributed by atoms with Crippen molar-refractivity contribution in [2.24, 2.45) is 0 Å². The van der Waals surface area contributed by atoms with Gasteiger partial charge in [-0.25, -0.2) is 0 Å². The van der Waals surface area contributed by atoms with Crippen LogP contribution in [0, 0.1) is 4.84 Å². The second kappa shape index (κ2) is 6.49. The van der Waals surface area contributed by atoms with Crippen molar-refractivity contribution in [2.45, 2.75) is 25.6 Å². The molecule has 1 aliphatic heterocycles. The van der Waals surface area contributed by atoms with Gasteiger partial charge in [-0.05, 0) is 43.3 Å². The van der Waals surface area contributed by atoms with Gasteiger partial charge >= 0.3 is 0 Å². The highest BCUT2D eigenvalue weighted by atomic mass is 32.1. The summed E-state index contributed by atoms with van der Waals surface area (Å²) in [5.74, 6) is 1.82. The molecule has 2 N–H and O–H groups in total. The van der Waals surface area contributed by atoms with Gasteiger partial charge in [-0.2, -0.15) is 4.68 Å². The molecule has 8 nitrogen and oxygen atoms in total. The molecular weight excluding hydrogens is 344 g/mol. The number of benzene rings is 1. The van der Waals surface area contributed by atoms with Crippen molar-refractivity contribution in [3.63, 3.8) is 0 Å². The van der Waals surface area contributed by atoms with E-state index in [0.29, 0.717) is 36.6 Å². The predicted octanol–water partition coefficient (Wildman–Crippen LogP) is 0.352. The lowest BCUT2D eigenvalue weighted by Crippen LogP contribution is -3.09. The molecule has 0 saturated heterocycles. The molecule has 132 valence electrons. The SMILES string of the molecule is C[NH+](CC(=O)NC1CC1)Cn1nc(-c2ccc3c(c2)OCO3)oc1=S. The van der Waals surface area contributed by atoms with Crippen LogP contribution < -0.4 is 19.7 Å². The molecule has 9 heteroatoms. The van der Waals surface area contributed by atoms with Crippen LogP contribution in [0.1, 0.15) is 12.8 Å². The molecule has 0 bridgehead atoms. The first-order chi connectivity index (χ1) is 12.1. The van der Waals surface area contributed by atoms with Crippen molar-refractivity contribution in [1.82, 2.24) is 15.1 Å². The first-order valence-corrected chi connectivity index (χ1v) is 8.58. The number of hydrogen-bond acceptors (Lipinski definition) is 6. The minimum Gasteiger partial charge on any atom is -0.454 e. The zero-order valence-electron chi connectivity index (χ0n) is 13.8. The molecule has 1 unspecified atom stereocenters. The number of likely N-dealkylation sites (N-methyl/N-ethyl adjacent to an activating group) is 1. The normalized spacial score (nSPS) is 16.7. The van der Waals surface area contributed by atoms with E-state index in [-0.39, 0.29) is 17.5 Å². The summed E-state index contributed by atoms with van der Waals surface area (Å²) in [7, 11) is 1.92. The molecule has 2 aromatic rings. The van der Waals surface area contributed by atoms with Crippen molar-refractivity contribution in [3.8, 4) is 23.0 Å². The number of aromatic nitrogens is 2. The molecule has 2 heterocycles. The molecule has 25 heavy (non-hydrogen) atoms. The topological polar surface area (TPSA) is 83.0 Å². The van der Waals surface area contributed by atoms with E-state index in [9.17, 15) is 4.79 Å². The standard InChI is InChI=1S/C16H18N4O4S/c1-19(7-14(21)17-11-3-4-11)8-20-16(25)24-15(18-20)10-2-5-12-13(6-10)23-9-22-12/h2,5-6,11H,3-4,7-9H2,1H3,(H,17,21)/p+1. The van der Waals surface area contributed by atoms with Gasteiger partial charge in [0.1, 0.15) is 0 Å². The largest absolute Gasteiger partial charge is 0.454 e. The fraction of sp³-hybridized carbons (Fsp3) is 0.438. The summed E-state index contributed by atoms with van der Waals surface area (Å²) in [6.45, 7) is 1.03. The van der Waals surface area contributed by atoms with Crippen LogP contribution in [0.2, 0.25) is 0 Å². The van der Waals surface area contributed by atoms with Gasteiger partial charge in [0, 0.05) is 11.6 Å². The van der Waals surface area contributed by atoms with Gasteiger partial charge in [0.25, 0.3) is 10.7 Å². The maximum Gasteiger partial charge on any atom is 0.292 e. The first kappa shape index (κ1) is 16.1. The molecular formula is C16H19N4O4S+. The van der Waals surface area contributed by atoms with Crippen LogP contribution in [0.25, 0.3) is 11.5 Å². The maximum absolute atomic E-state index is 11.9. The van der Waals surface area contributed by atoms with Crippen LogP contribution in [-0.4, -0.2) is 42.1 Å². The number of amides is 1. The molecule has 0 radical (unpaired) electrons. The van der Waals surface area contributed by atoms with E-state index in [1.54, 1.807) is 4.68 Å². The van der Waals surface area contributed by atoms with Gasteiger partial charge in [-0.15, -0.1) is 5.10 Å². The Bertz CT molecular complexity index is 858. The monoisotopic (exact) mass is 363 g/mol. The van der Waals surface area contributed by atoms with E-state index in [0.717, 1.165) is 23.3 Å². The van der Waals surface area contributed by atoms with Gasteiger partial charge in [-0.1, -0.05) is 0 Å². The molecule has 2 aliphatic rings. The van der Waals surface area contributed by atoms with Gasteiger partial charge < -0.3 is 24.1 Å². The van der Waals surface area contributed by atoms with Crippen molar-refractivity contribution in [1.29, 1.82) is 0 Å². The highest BCUT2D eigenvalue weighted by molar-refractivity contribution is 7.71. The predicted molar refractivity (Wildman–Crippen MR) is 89.8 cm³/mol. The number of fused-ring (bicyclic) bond motifs is 1. The summed E-state index contributed by atoms with van der Waals surface area (Å²) >= 11 is 5.25. The molecule has 1 saturated carbocycles. The van der Waals surface area contributed by atoms with E-state index >= 15 is 0 Å². The van der Waals surface area contributed by atoms with Crippen LogP contribution in [0.3, 0.4) is 0 Å². The van der Waals surface area contributed by atoms with Crippen LogP contribution >= 0.6 is 12.2 Å². The number of nitrogens with zero attached hydrogens (tertiary/aromatic N) is 2. The smallest absolute Gasteiger partial charge is 0.292 e. The molecule has 1 aromatic carbocycles. The maximum atomic E-state index is 11.9. The summed E-state index contributed by atoms with van der Waals surface area (Å²) in [5, 5.41) is 7.40. The Balaban J connectivity index is 1.44. The van der Waals surface area contributed by atoms with Gasteiger partial charge in [-0.3, -0.25) is 4.79 Å². The lowest BCUT2D eigenvalue weighted by molar-refractivity contribution is -0.895. The molecule has 1 aliphatic carbocycles. The summed E-state index contributed by atoms with van der Waals surface area (Å²) in [6, 6.07) is 5.84. The van der Waals surface area contributed by atoms with Crippen molar-refractivity contribution in [2.75, 3.05) is 20.4 Å². The van der Waals surface area contributed by atoms with Gasteiger partial charge in [0.15, 0.2) is 24.7 Å². The number of nitrogens with one attached hydrogen (secondary N) is 2. The summed E-state index contributed by atoms with van der Waals surface area (Å²) in [5.41, 5.74) is 0.762. The second-order valence-corrected chi connectivity index (χ2v) is 6.72. The molecule has 0 spiro atoms. The Morgan fingerprint density at radius 1 is 1.40 bits per heavy atom. The zero-order valence-corrected chi connectivity index (χ0v) is 14.6. The van der Waals surface area contributed by atoms with Gasteiger partial charge in [0.05, 0.1) is 7.05 Å². The average Bonchev–Trinajstić information content (AvgIpc) is 3.12. The fourth-order valence-electron chi connectivity index (χ4n) is 2.64. The van der Waals surface area contributed by atoms with Crippen LogP contribution in [0.5, 0.6) is 11.5 Å². The molecule has 1 amide bonds. The number of ether oxygens (including phenoxy) is 2. The molecule has 4 rings (SSSR count). The third kappa shape index (κ3) is 3.67. The van der Waals surface area contributed by atoms with Gasteiger partial charge in [0.2, 0.25) is 12.7 Å². The van der Waals surface area contributed by atoms with Crippen molar-refractivity contribution < 1.29 is 23.6 Å². The first-order valence-electron chi connectivity index (χ1n) is 8.17. The quantitative estimate of drug-likeness (QED) is 0.721. The summed E-state index contributed by atoms with van der Waals surface area (Å²) < 4.78 is 17.9. The lowest BCUT2D eigenvalue weighted by atomic mass is 10.2. The molecule has 1 atom stereocenters. The highest BCUT2D eigenvalue weighted by Gasteiger charge is 2.25. The van der Waals surface area contributed by atoms with Crippen LogP contribution in [-0.2, 0) is 11.5 Å². The van der Waals surface area contributed by atoms with Crippen molar-refractivity contribution >= 4 is 18.1 Å². The number of carbonyl (C=O) groups is 1.